The Morgan fingerprint density at radius 3 is 1.58 bits per heavy atom. The topological polar surface area (TPSA) is 228 Å². The minimum atomic E-state index is -0.826. The van der Waals surface area contributed by atoms with Crippen molar-refractivity contribution in [2.45, 2.75) is 0 Å². The molecule has 0 amide bonds. The second-order valence-electron chi connectivity index (χ2n) is 2.88. The summed E-state index contributed by atoms with van der Waals surface area (Å²) in [6.07, 6.45) is 0. The summed E-state index contributed by atoms with van der Waals surface area (Å²) in [5.41, 5.74) is 5.20. The van der Waals surface area contributed by atoms with Crippen molar-refractivity contribution < 1.29 is 15.3 Å². The van der Waals surface area contributed by atoms with Crippen LogP contribution in [0.1, 0.15) is 0 Å². The van der Waals surface area contributed by atoms with E-state index in [1.54, 1.807) is 0 Å². The number of guanidine groups is 1. The minimum absolute atomic E-state index is 0.0926. The van der Waals surface area contributed by atoms with Crippen molar-refractivity contribution in [1.29, 1.82) is 5.41 Å². The first-order valence-electron chi connectivity index (χ1n) is 4.38. The second kappa shape index (κ2) is 5.47. The van der Waals surface area contributed by atoms with Crippen LogP contribution in [0.25, 0.3) is 0 Å². The van der Waals surface area contributed by atoms with Gasteiger partial charge in [-0.05, 0) is 20.1 Å². The number of nitrogens with one attached hydrogen (secondary N) is 1. The monoisotopic (exact) mass is 271 g/mol. The lowest BCUT2D eigenvalue weighted by molar-refractivity contribution is -0.555. The molecule has 0 fully saturated rings. The summed E-state index contributed by atoms with van der Waals surface area (Å²) >= 11 is 0. The van der Waals surface area contributed by atoms with E-state index in [1.165, 1.54) is 0 Å². The van der Waals surface area contributed by atoms with Crippen molar-refractivity contribution in [3.05, 3.63) is 43.3 Å². The Balaban J connectivity index is 0.000000312. The van der Waals surface area contributed by atoms with Gasteiger partial charge in [0.25, 0.3) is 0 Å². The Kier molecular flexibility index (Phi) is 4.01. The van der Waals surface area contributed by atoms with E-state index in [2.05, 4.69) is 20.5 Å². The summed E-state index contributed by atoms with van der Waals surface area (Å²) in [6.45, 7) is 0. The van der Waals surface area contributed by atoms with Crippen LogP contribution in [0.3, 0.4) is 0 Å². The molecule has 2 aliphatic heterocycles. The quantitative estimate of drug-likeness (QED) is 0.147. The summed E-state index contributed by atoms with van der Waals surface area (Å²) in [7, 11) is 0. The molecule has 2 aliphatic rings. The maximum atomic E-state index is 10.3. The standard InChI is InChI=1S/C4N6O4.CH6N4/c11-9(12)3-1-2(6-7-3)4(8-5-1)10(13)14;2-1(3)5-4/h;4H2,(H4,2,3,5)/p+1. The molecule has 0 bridgehead atoms. The van der Waals surface area contributed by atoms with Crippen molar-refractivity contribution in [3.63, 3.8) is 0 Å². The van der Waals surface area contributed by atoms with Crippen LogP contribution in [-0.4, -0.2) is 15.8 Å². The molecule has 0 saturated heterocycles. The first-order valence-corrected chi connectivity index (χ1v) is 4.38. The molecular weight excluding hydrogens is 264 g/mol. The molecule has 19 heavy (non-hydrogen) atoms. The SMILES string of the molecule is N=C(N)[NH2+]N.O=[N+]([O-])C1=C2N=NC([N+](=O)[O-])=C2N=N1. The second-order valence-corrected chi connectivity index (χ2v) is 2.88. The lowest BCUT2D eigenvalue weighted by Crippen LogP contribution is -2.96. The van der Waals surface area contributed by atoms with Gasteiger partial charge in [0.05, 0.1) is 10.2 Å². The van der Waals surface area contributed by atoms with Crippen LogP contribution in [0.2, 0.25) is 0 Å². The molecule has 2 heterocycles. The Morgan fingerprint density at radius 1 is 1.05 bits per heavy atom. The van der Waals surface area contributed by atoms with Crippen molar-refractivity contribution in [2.24, 2.45) is 32.0 Å². The molecule has 0 unspecified atom stereocenters. The number of nitrogens with zero attached hydrogens (tertiary/aromatic N) is 6. The molecule has 0 aromatic carbocycles. The number of hydrogen-bond donors (Lipinski definition) is 4. The van der Waals surface area contributed by atoms with Gasteiger partial charge in [-0.25, -0.2) is 10.8 Å². The molecule has 0 saturated carbocycles. The van der Waals surface area contributed by atoms with Gasteiger partial charge in [0.15, 0.2) is 0 Å². The average molecular weight is 271 g/mol. The van der Waals surface area contributed by atoms with Gasteiger partial charge in [0.1, 0.15) is 0 Å². The first kappa shape index (κ1) is 13.9. The minimum Gasteiger partial charge on any atom is -0.358 e. The van der Waals surface area contributed by atoms with Gasteiger partial charge in [-0.15, -0.1) is 0 Å². The van der Waals surface area contributed by atoms with E-state index in [-0.39, 0.29) is 17.4 Å². The largest absolute Gasteiger partial charge is 0.423 e. The zero-order valence-electron chi connectivity index (χ0n) is 9.05. The van der Waals surface area contributed by atoms with Gasteiger partial charge in [0, 0.05) is 0 Å². The average Bonchev–Trinajstić information content (AvgIpc) is 2.88. The van der Waals surface area contributed by atoms with Crippen LogP contribution in [0.5, 0.6) is 0 Å². The molecule has 0 radical (unpaired) electrons. The number of nitro groups is 2. The molecule has 0 atom stereocenters. The van der Waals surface area contributed by atoms with Crippen LogP contribution in [-0.2, 0) is 0 Å². The van der Waals surface area contributed by atoms with Gasteiger partial charge in [-0.1, -0.05) is 0 Å². The lowest BCUT2D eigenvalue weighted by atomic mass is 10.3. The van der Waals surface area contributed by atoms with Crippen LogP contribution in [0.4, 0.5) is 0 Å². The smallest absolute Gasteiger partial charge is 0.358 e. The molecule has 0 aliphatic carbocycles. The molecule has 14 heteroatoms. The number of quaternary nitrogens is 1. The highest BCUT2D eigenvalue weighted by molar-refractivity contribution is 5.62. The normalized spacial score (nSPS) is 15.2. The number of fused-ring (bicyclic) bond motifs is 1. The summed E-state index contributed by atoms with van der Waals surface area (Å²) < 4.78 is 0. The summed E-state index contributed by atoms with van der Waals surface area (Å²) in [4.78, 5) is 19.0. The van der Waals surface area contributed by atoms with E-state index in [4.69, 9.17) is 17.0 Å². The van der Waals surface area contributed by atoms with Crippen LogP contribution in [0.15, 0.2) is 43.5 Å². The molecule has 0 spiro atoms. The fraction of sp³-hybridized carbons (Fsp3) is 0. The lowest BCUT2D eigenvalue weighted by Gasteiger charge is -1.85. The van der Waals surface area contributed by atoms with Crippen molar-refractivity contribution in [2.75, 3.05) is 0 Å². The van der Waals surface area contributed by atoms with Crippen LogP contribution < -0.4 is 17.0 Å². The van der Waals surface area contributed by atoms with Crippen molar-refractivity contribution >= 4 is 5.96 Å². The Bertz CT molecular complexity index is 526. The molecule has 0 aromatic heterocycles. The zero-order chi connectivity index (χ0) is 14.6. The molecule has 14 nitrogen and oxygen atoms in total. The molecule has 2 rings (SSSR count). The van der Waals surface area contributed by atoms with Gasteiger partial charge in [-0.2, -0.15) is 5.84 Å². The summed E-state index contributed by atoms with van der Waals surface area (Å²) in [5.74, 6) is 3.36. The summed E-state index contributed by atoms with van der Waals surface area (Å²) in [5, 5.41) is 39.8. The van der Waals surface area contributed by atoms with Gasteiger partial charge in [0.2, 0.25) is 11.4 Å². The van der Waals surface area contributed by atoms with E-state index in [0.717, 1.165) is 5.43 Å². The number of azo groups is 2. The van der Waals surface area contributed by atoms with E-state index in [1.807, 2.05) is 0 Å². The first-order chi connectivity index (χ1) is 8.88. The third-order valence-electron chi connectivity index (χ3n) is 1.66. The van der Waals surface area contributed by atoms with Crippen molar-refractivity contribution in [1.82, 2.24) is 0 Å². The van der Waals surface area contributed by atoms with Gasteiger partial charge in [-0.3, -0.25) is 0 Å². The molecule has 0 aromatic rings. The van der Waals surface area contributed by atoms with E-state index in [9.17, 15) is 20.2 Å². The zero-order valence-corrected chi connectivity index (χ0v) is 9.05. The highest BCUT2D eigenvalue weighted by atomic mass is 16.6. The van der Waals surface area contributed by atoms with E-state index in [0.29, 0.717) is 0 Å². The third kappa shape index (κ3) is 2.96. The van der Waals surface area contributed by atoms with E-state index >= 15 is 0 Å². The highest BCUT2D eigenvalue weighted by Gasteiger charge is 2.42. The molecule has 7 N–H and O–H groups in total. The third-order valence-corrected chi connectivity index (χ3v) is 1.66. The number of hydrogen-bond acceptors (Lipinski definition) is 10. The highest BCUT2D eigenvalue weighted by Crippen LogP contribution is 2.34. The van der Waals surface area contributed by atoms with Gasteiger partial charge < -0.3 is 26.0 Å². The van der Waals surface area contributed by atoms with Crippen LogP contribution >= 0.6 is 0 Å². The fourth-order valence-corrected chi connectivity index (χ4v) is 0.931. The summed E-state index contributed by atoms with van der Waals surface area (Å²) in [6, 6.07) is 0. The predicted octanol–water partition coefficient (Wildman–Crippen LogP) is -1.87. The fourth-order valence-electron chi connectivity index (χ4n) is 0.931. The van der Waals surface area contributed by atoms with Gasteiger partial charge >= 0.3 is 17.6 Å². The Labute approximate surface area is 103 Å². The van der Waals surface area contributed by atoms with Crippen LogP contribution in [0, 0.1) is 25.6 Å². The number of nitrogens with two attached hydrogens (primary N) is 3. The maximum absolute atomic E-state index is 10.3. The maximum Gasteiger partial charge on any atom is 0.423 e. The van der Waals surface area contributed by atoms with Crippen molar-refractivity contribution in [3.8, 4) is 0 Å². The Hall–Kier alpha value is -3.13. The number of rotatable bonds is 2. The van der Waals surface area contributed by atoms with E-state index < -0.39 is 21.5 Å². The predicted molar refractivity (Wildman–Crippen MR) is 55.8 cm³/mol. The molecular formula is C5H7N10O4+. The Morgan fingerprint density at radius 2 is 1.37 bits per heavy atom. The molecule has 100 valence electrons.